The first-order valence-electron chi connectivity index (χ1n) is 10.9. The van der Waals surface area contributed by atoms with Crippen molar-refractivity contribution in [1.82, 2.24) is 9.97 Å². The standard InChI is InChI=1S/C25H28N4O2/c1-4-17-6-8-18(9-7-17)26-24-23-21(14-16(3)15-22(23)30)28-25(29-24)27-19-10-12-20(13-11-19)31-5-2/h6-13,16H,4-5,14-15H2,1-3H3,(H2,26,27,28,29). The molecule has 1 heterocycles. The van der Waals surface area contributed by atoms with Crippen molar-refractivity contribution in [2.24, 2.45) is 5.92 Å². The van der Waals surface area contributed by atoms with Crippen molar-refractivity contribution >= 4 is 28.9 Å². The Balaban J connectivity index is 1.66. The van der Waals surface area contributed by atoms with Crippen LogP contribution in [-0.2, 0) is 12.8 Å². The molecule has 160 valence electrons. The van der Waals surface area contributed by atoms with E-state index in [0.717, 1.165) is 35.7 Å². The number of nitrogens with one attached hydrogen (secondary N) is 2. The summed E-state index contributed by atoms with van der Waals surface area (Å²) in [6.07, 6.45) is 2.26. The summed E-state index contributed by atoms with van der Waals surface area (Å²) in [7, 11) is 0. The molecule has 0 amide bonds. The van der Waals surface area contributed by atoms with Gasteiger partial charge in [0.2, 0.25) is 5.95 Å². The fourth-order valence-corrected chi connectivity index (χ4v) is 3.81. The van der Waals surface area contributed by atoms with Crippen molar-refractivity contribution in [3.63, 3.8) is 0 Å². The molecule has 3 aromatic rings. The van der Waals surface area contributed by atoms with Crippen LogP contribution in [0.5, 0.6) is 5.75 Å². The largest absolute Gasteiger partial charge is 0.494 e. The quantitative estimate of drug-likeness (QED) is 0.515. The van der Waals surface area contributed by atoms with Crippen molar-refractivity contribution in [1.29, 1.82) is 0 Å². The molecule has 1 aromatic heterocycles. The van der Waals surface area contributed by atoms with Gasteiger partial charge in [0.05, 0.1) is 17.9 Å². The third kappa shape index (κ3) is 4.85. The number of anilines is 4. The highest BCUT2D eigenvalue weighted by Gasteiger charge is 2.28. The van der Waals surface area contributed by atoms with Gasteiger partial charge in [0.15, 0.2) is 5.78 Å². The maximum atomic E-state index is 12.8. The van der Waals surface area contributed by atoms with Crippen LogP contribution in [0.25, 0.3) is 0 Å². The summed E-state index contributed by atoms with van der Waals surface area (Å²) >= 11 is 0. The summed E-state index contributed by atoms with van der Waals surface area (Å²) in [6, 6.07) is 15.9. The Morgan fingerprint density at radius 1 is 0.935 bits per heavy atom. The molecule has 0 saturated heterocycles. The minimum atomic E-state index is 0.0917. The summed E-state index contributed by atoms with van der Waals surface area (Å²) in [5, 5.41) is 6.62. The van der Waals surface area contributed by atoms with Crippen LogP contribution in [0, 0.1) is 5.92 Å². The molecule has 1 aliphatic carbocycles. The van der Waals surface area contributed by atoms with Crippen molar-refractivity contribution in [3.8, 4) is 5.75 Å². The van der Waals surface area contributed by atoms with Crippen LogP contribution in [0.4, 0.5) is 23.1 Å². The topological polar surface area (TPSA) is 76.1 Å². The number of aryl methyl sites for hydroxylation is 1. The monoisotopic (exact) mass is 416 g/mol. The molecule has 2 aromatic carbocycles. The van der Waals surface area contributed by atoms with Crippen LogP contribution in [0.2, 0.25) is 0 Å². The number of fused-ring (bicyclic) bond motifs is 1. The Kier molecular flexibility index (Phi) is 6.16. The molecular weight excluding hydrogens is 388 g/mol. The molecule has 6 heteroatoms. The van der Waals surface area contributed by atoms with E-state index < -0.39 is 0 Å². The van der Waals surface area contributed by atoms with Gasteiger partial charge in [-0.2, -0.15) is 4.98 Å². The number of ether oxygens (including phenoxy) is 1. The van der Waals surface area contributed by atoms with E-state index in [1.165, 1.54) is 5.56 Å². The summed E-state index contributed by atoms with van der Waals surface area (Å²) in [6.45, 7) is 6.79. The lowest BCUT2D eigenvalue weighted by Gasteiger charge is -2.23. The first-order valence-corrected chi connectivity index (χ1v) is 10.9. The van der Waals surface area contributed by atoms with Crippen LogP contribution >= 0.6 is 0 Å². The summed E-state index contributed by atoms with van der Waals surface area (Å²) in [4.78, 5) is 22.2. The fraction of sp³-hybridized carbons (Fsp3) is 0.320. The Hall–Kier alpha value is -3.41. The Bertz CT molecular complexity index is 1060. The van der Waals surface area contributed by atoms with Gasteiger partial charge in [0.1, 0.15) is 11.6 Å². The van der Waals surface area contributed by atoms with Crippen molar-refractivity contribution in [2.75, 3.05) is 17.2 Å². The molecule has 0 radical (unpaired) electrons. The minimum absolute atomic E-state index is 0.0917. The average molecular weight is 417 g/mol. The third-order valence-corrected chi connectivity index (χ3v) is 5.38. The first kappa shape index (κ1) is 20.8. The van der Waals surface area contributed by atoms with Crippen LogP contribution in [0.3, 0.4) is 0 Å². The molecule has 1 atom stereocenters. The third-order valence-electron chi connectivity index (χ3n) is 5.38. The van der Waals surface area contributed by atoms with Crippen LogP contribution in [0.15, 0.2) is 48.5 Å². The highest BCUT2D eigenvalue weighted by molar-refractivity contribution is 6.03. The zero-order valence-electron chi connectivity index (χ0n) is 18.2. The van der Waals surface area contributed by atoms with E-state index in [1.54, 1.807) is 0 Å². The second-order valence-corrected chi connectivity index (χ2v) is 7.91. The van der Waals surface area contributed by atoms with Gasteiger partial charge in [-0.3, -0.25) is 4.79 Å². The molecule has 0 saturated carbocycles. The molecule has 2 N–H and O–H groups in total. The number of Topliss-reactive ketones (excluding diaryl/α,β-unsaturated/α-hetero) is 1. The number of carbonyl (C=O) groups is 1. The van der Waals surface area contributed by atoms with E-state index in [0.29, 0.717) is 30.4 Å². The lowest BCUT2D eigenvalue weighted by Crippen LogP contribution is -2.22. The minimum Gasteiger partial charge on any atom is -0.494 e. The molecule has 1 aliphatic rings. The second-order valence-electron chi connectivity index (χ2n) is 7.91. The molecule has 0 bridgehead atoms. The van der Waals surface area contributed by atoms with E-state index in [2.05, 4.69) is 46.6 Å². The number of carbonyl (C=O) groups excluding carboxylic acids is 1. The van der Waals surface area contributed by atoms with E-state index in [9.17, 15) is 4.79 Å². The lowest BCUT2D eigenvalue weighted by molar-refractivity contribution is 0.0953. The van der Waals surface area contributed by atoms with Crippen molar-refractivity contribution < 1.29 is 9.53 Å². The van der Waals surface area contributed by atoms with E-state index in [-0.39, 0.29) is 11.7 Å². The Morgan fingerprint density at radius 3 is 2.29 bits per heavy atom. The van der Waals surface area contributed by atoms with E-state index in [1.807, 2.05) is 43.3 Å². The van der Waals surface area contributed by atoms with Gasteiger partial charge in [-0.25, -0.2) is 4.98 Å². The predicted octanol–water partition coefficient (Wildman–Crippen LogP) is 5.69. The fourth-order valence-electron chi connectivity index (χ4n) is 3.81. The lowest BCUT2D eigenvalue weighted by atomic mass is 9.87. The summed E-state index contributed by atoms with van der Waals surface area (Å²) < 4.78 is 5.50. The maximum absolute atomic E-state index is 12.8. The maximum Gasteiger partial charge on any atom is 0.229 e. The smallest absolute Gasteiger partial charge is 0.229 e. The van der Waals surface area contributed by atoms with E-state index >= 15 is 0 Å². The number of benzene rings is 2. The number of hydrogen-bond donors (Lipinski definition) is 2. The number of hydrogen-bond acceptors (Lipinski definition) is 6. The molecule has 4 rings (SSSR count). The highest BCUT2D eigenvalue weighted by atomic mass is 16.5. The van der Waals surface area contributed by atoms with E-state index in [4.69, 9.17) is 4.74 Å². The number of rotatable bonds is 7. The van der Waals surface area contributed by atoms with Gasteiger partial charge >= 0.3 is 0 Å². The Morgan fingerprint density at radius 2 is 1.61 bits per heavy atom. The molecule has 0 fully saturated rings. The SMILES string of the molecule is CCOc1ccc(Nc2nc3c(c(Nc4ccc(CC)cc4)n2)C(=O)CC(C)C3)cc1. The first-order chi connectivity index (χ1) is 15.1. The molecule has 31 heavy (non-hydrogen) atoms. The predicted molar refractivity (Wildman–Crippen MR) is 124 cm³/mol. The van der Waals surface area contributed by atoms with Crippen molar-refractivity contribution in [3.05, 3.63) is 65.4 Å². The zero-order valence-corrected chi connectivity index (χ0v) is 18.2. The van der Waals surface area contributed by atoms with Gasteiger partial charge in [0, 0.05) is 17.8 Å². The van der Waals surface area contributed by atoms with Crippen LogP contribution in [-0.4, -0.2) is 22.4 Å². The molecule has 0 spiro atoms. The van der Waals surface area contributed by atoms with Gasteiger partial charge in [-0.15, -0.1) is 0 Å². The van der Waals surface area contributed by atoms with Gasteiger partial charge in [-0.05, 0) is 67.6 Å². The van der Waals surface area contributed by atoms with Gasteiger partial charge in [0.25, 0.3) is 0 Å². The van der Waals surface area contributed by atoms with Crippen LogP contribution in [0.1, 0.15) is 48.8 Å². The second kappa shape index (κ2) is 9.16. The number of ketones is 1. The molecule has 0 aliphatic heterocycles. The molecular formula is C25H28N4O2. The van der Waals surface area contributed by atoms with Crippen molar-refractivity contribution in [2.45, 2.75) is 40.0 Å². The van der Waals surface area contributed by atoms with Crippen LogP contribution < -0.4 is 15.4 Å². The van der Waals surface area contributed by atoms with Gasteiger partial charge in [-0.1, -0.05) is 26.0 Å². The summed E-state index contributed by atoms with van der Waals surface area (Å²) in [5.74, 6) is 2.20. The number of aromatic nitrogens is 2. The molecule has 6 nitrogen and oxygen atoms in total. The average Bonchev–Trinajstić information content (AvgIpc) is 2.75. The zero-order chi connectivity index (χ0) is 21.8. The summed E-state index contributed by atoms with van der Waals surface area (Å²) in [5.41, 5.74) is 4.42. The normalized spacial score (nSPS) is 15.3. The van der Waals surface area contributed by atoms with Gasteiger partial charge < -0.3 is 15.4 Å². The highest BCUT2D eigenvalue weighted by Crippen LogP contribution is 2.32. The Labute approximate surface area is 183 Å². The molecule has 1 unspecified atom stereocenters. The number of nitrogens with zero attached hydrogens (tertiary/aromatic N) is 2.